The van der Waals surface area contributed by atoms with Crippen molar-refractivity contribution in [1.82, 2.24) is 15.1 Å². The summed E-state index contributed by atoms with van der Waals surface area (Å²) in [7, 11) is 0. The van der Waals surface area contributed by atoms with Crippen molar-refractivity contribution in [2.75, 3.05) is 19.7 Å². The third kappa shape index (κ3) is 4.83. The van der Waals surface area contributed by atoms with Crippen LogP contribution in [0.1, 0.15) is 16.7 Å². The lowest BCUT2D eigenvalue weighted by atomic mass is 10.1. The van der Waals surface area contributed by atoms with Gasteiger partial charge in [0.1, 0.15) is 18.9 Å². The van der Waals surface area contributed by atoms with Crippen molar-refractivity contribution in [1.29, 1.82) is 0 Å². The first kappa shape index (κ1) is 21.0. The highest BCUT2D eigenvalue weighted by atomic mass is 16.5. The summed E-state index contributed by atoms with van der Waals surface area (Å²) in [4.78, 5) is 50.4. The molecule has 30 heavy (non-hydrogen) atoms. The molecular formula is C22H23N3O5. The molecule has 1 aliphatic rings. The van der Waals surface area contributed by atoms with Crippen LogP contribution < -0.4 is 10.1 Å². The monoisotopic (exact) mass is 409 g/mol. The molecule has 0 aromatic heterocycles. The zero-order chi connectivity index (χ0) is 21.7. The van der Waals surface area contributed by atoms with Gasteiger partial charge in [-0.1, -0.05) is 48.0 Å². The van der Waals surface area contributed by atoms with Gasteiger partial charge in [0, 0.05) is 0 Å². The number of nitrogens with one attached hydrogen (secondary N) is 1. The topological polar surface area (TPSA) is 96.0 Å². The molecule has 1 N–H and O–H groups in total. The molecule has 8 nitrogen and oxygen atoms in total. The van der Waals surface area contributed by atoms with Gasteiger partial charge in [0.05, 0.1) is 13.1 Å². The van der Waals surface area contributed by atoms with Gasteiger partial charge in [0.2, 0.25) is 5.91 Å². The summed E-state index contributed by atoms with van der Waals surface area (Å²) in [6.07, 6.45) is 0. The molecule has 0 aliphatic carbocycles. The molecule has 1 saturated heterocycles. The quantitative estimate of drug-likeness (QED) is 0.407. The lowest BCUT2D eigenvalue weighted by Crippen LogP contribution is -2.42. The number of ether oxygens (including phenoxy) is 1. The summed E-state index contributed by atoms with van der Waals surface area (Å²) in [5.41, 5.74) is 2.83. The molecule has 1 heterocycles. The molecule has 0 bridgehead atoms. The number of amides is 5. The number of carbonyl (C=O) groups excluding carboxylic acids is 4. The highest BCUT2D eigenvalue weighted by molar-refractivity contribution is 6.44. The van der Waals surface area contributed by atoms with Crippen LogP contribution in [0.2, 0.25) is 0 Å². The van der Waals surface area contributed by atoms with E-state index in [1.54, 1.807) is 24.3 Å². The van der Waals surface area contributed by atoms with Gasteiger partial charge in [-0.15, -0.1) is 0 Å². The van der Waals surface area contributed by atoms with Crippen molar-refractivity contribution in [2.45, 2.75) is 20.4 Å². The van der Waals surface area contributed by atoms with Gasteiger partial charge in [-0.25, -0.2) is 9.69 Å². The molecule has 0 radical (unpaired) electrons. The van der Waals surface area contributed by atoms with E-state index in [2.05, 4.69) is 5.32 Å². The van der Waals surface area contributed by atoms with E-state index in [-0.39, 0.29) is 19.7 Å². The highest BCUT2D eigenvalue weighted by Crippen LogP contribution is 2.18. The number of hydrogen-bond donors (Lipinski definition) is 1. The molecule has 3 rings (SSSR count). The van der Waals surface area contributed by atoms with Crippen molar-refractivity contribution >= 4 is 23.8 Å². The number of aryl methyl sites for hydroxylation is 2. The predicted molar refractivity (Wildman–Crippen MR) is 109 cm³/mol. The Morgan fingerprint density at radius 1 is 0.967 bits per heavy atom. The lowest BCUT2D eigenvalue weighted by Gasteiger charge is -2.15. The van der Waals surface area contributed by atoms with Gasteiger partial charge in [-0.3, -0.25) is 19.3 Å². The first-order valence-electron chi connectivity index (χ1n) is 9.55. The largest absolute Gasteiger partial charge is 0.491 e. The Hall–Kier alpha value is -3.68. The van der Waals surface area contributed by atoms with E-state index in [1.807, 2.05) is 38.1 Å². The summed E-state index contributed by atoms with van der Waals surface area (Å²) in [5.74, 6) is -1.76. The van der Waals surface area contributed by atoms with Crippen molar-refractivity contribution in [2.24, 2.45) is 0 Å². The molecule has 8 heteroatoms. The molecule has 5 amide bonds. The second-order valence-corrected chi connectivity index (χ2v) is 7.02. The maximum Gasteiger partial charge on any atom is 0.335 e. The second-order valence-electron chi connectivity index (χ2n) is 7.02. The summed E-state index contributed by atoms with van der Waals surface area (Å²) in [5, 5.41) is 2.59. The van der Waals surface area contributed by atoms with Gasteiger partial charge >= 0.3 is 17.8 Å². The first-order chi connectivity index (χ1) is 14.4. The number of carbonyl (C=O) groups is 4. The van der Waals surface area contributed by atoms with Gasteiger partial charge < -0.3 is 10.1 Å². The number of hydrogen-bond acceptors (Lipinski definition) is 5. The predicted octanol–water partition coefficient (Wildman–Crippen LogP) is 1.79. The van der Waals surface area contributed by atoms with Crippen molar-refractivity contribution in [3.63, 3.8) is 0 Å². The van der Waals surface area contributed by atoms with Crippen LogP contribution in [0, 0.1) is 13.8 Å². The Bertz CT molecular complexity index is 974. The van der Waals surface area contributed by atoms with Gasteiger partial charge in [0.15, 0.2) is 0 Å². The smallest absolute Gasteiger partial charge is 0.335 e. The van der Waals surface area contributed by atoms with Crippen LogP contribution in [0.25, 0.3) is 0 Å². The van der Waals surface area contributed by atoms with Crippen molar-refractivity contribution in [3.8, 4) is 5.75 Å². The van der Waals surface area contributed by atoms with Gasteiger partial charge in [-0.2, -0.15) is 0 Å². The average Bonchev–Trinajstić information content (AvgIpc) is 2.91. The highest BCUT2D eigenvalue weighted by Gasteiger charge is 2.45. The van der Waals surface area contributed by atoms with E-state index >= 15 is 0 Å². The fraction of sp³-hybridized carbons (Fsp3) is 0.273. The molecule has 1 aliphatic heterocycles. The van der Waals surface area contributed by atoms with Gasteiger partial charge in [0.25, 0.3) is 0 Å². The minimum atomic E-state index is -1.00. The Morgan fingerprint density at radius 2 is 1.67 bits per heavy atom. The maximum absolute atomic E-state index is 12.5. The van der Waals surface area contributed by atoms with Crippen LogP contribution in [-0.4, -0.2) is 53.2 Å². The molecule has 156 valence electrons. The third-order valence-corrected chi connectivity index (χ3v) is 4.63. The van der Waals surface area contributed by atoms with E-state index < -0.39 is 30.3 Å². The minimum absolute atomic E-state index is 0.0217. The SMILES string of the molecule is Cc1ccc(OCCNC(=O)CN2C(=O)C(=O)N(Cc3ccccc3)C2=O)c(C)c1. The van der Waals surface area contributed by atoms with Crippen LogP contribution in [0.4, 0.5) is 4.79 Å². The zero-order valence-electron chi connectivity index (χ0n) is 16.9. The van der Waals surface area contributed by atoms with E-state index in [4.69, 9.17) is 4.74 Å². The van der Waals surface area contributed by atoms with E-state index in [9.17, 15) is 19.2 Å². The number of imide groups is 2. The number of urea groups is 1. The third-order valence-electron chi connectivity index (χ3n) is 4.63. The van der Waals surface area contributed by atoms with Crippen molar-refractivity contribution < 1.29 is 23.9 Å². The van der Waals surface area contributed by atoms with Crippen LogP contribution in [-0.2, 0) is 20.9 Å². The Labute approximate surface area is 174 Å². The average molecular weight is 409 g/mol. The molecule has 2 aromatic rings. The minimum Gasteiger partial charge on any atom is -0.491 e. The summed E-state index contributed by atoms with van der Waals surface area (Å²) in [6, 6.07) is 13.8. The summed E-state index contributed by atoms with van der Waals surface area (Å²) in [6.45, 7) is 3.82. The second kappa shape index (κ2) is 9.21. The molecular weight excluding hydrogens is 386 g/mol. The molecule has 0 unspecified atom stereocenters. The Kier molecular flexibility index (Phi) is 6.46. The van der Waals surface area contributed by atoms with Crippen molar-refractivity contribution in [3.05, 3.63) is 65.2 Å². The van der Waals surface area contributed by atoms with Gasteiger partial charge in [-0.05, 0) is 31.0 Å². The molecule has 0 saturated carbocycles. The molecule has 2 aromatic carbocycles. The summed E-state index contributed by atoms with van der Waals surface area (Å²) >= 11 is 0. The number of nitrogens with zero attached hydrogens (tertiary/aromatic N) is 2. The normalized spacial score (nSPS) is 13.7. The molecule has 0 spiro atoms. The fourth-order valence-electron chi connectivity index (χ4n) is 3.11. The van der Waals surface area contributed by atoms with Crippen LogP contribution in [0.15, 0.2) is 48.5 Å². The van der Waals surface area contributed by atoms with Crippen LogP contribution in [0.5, 0.6) is 5.75 Å². The van der Waals surface area contributed by atoms with E-state index in [0.29, 0.717) is 10.5 Å². The molecule has 1 fully saturated rings. The fourth-order valence-corrected chi connectivity index (χ4v) is 3.11. The number of benzene rings is 2. The van der Waals surface area contributed by atoms with E-state index in [1.165, 1.54) is 0 Å². The number of rotatable bonds is 8. The maximum atomic E-state index is 12.5. The summed E-state index contributed by atoms with van der Waals surface area (Å²) < 4.78 is 5.63. The van der Waals surface area contributed by atoms with Crippen LogP contribution in [0.3, 0.4) is 0 Å². The zero-order valence-corrected chi connectivity index (χ0v) is 16.9. The van der Waals surface area contributed by atoms with Crippen LogP contribution >= 0.6 is 0 Å². The lowest BCUT2D eigenvalue weighted by molar-refractivity contribution is -0.144. The standard InChI is InChI=1S/C22H23N3O5/c1-15-8-9-18(16(2)12-15)30-11-10-23-19(26)14-25-21(28)20(27)24(22(25)29)13-17-6-4-3-5-7-17/h3-9,12H,10-11,13-14H2,1-2H3,(H,23,26). The first-order valence-corrected chi connectivity index (χ1v) is 9.55. The Morgan fingerprint density at radius 3 is 2.37 bits per heavy atom. The Balaban J connectivity index is 1.49. The molecule has 0 atom stereocenters. The van der Waals surface area contributed by atoms with E-state index in [0.717, 1.165) is 21.8 Å².